The molecule has 0 bridgehead atoms. The first-order valence-electron chi connectivity index (χ1n) is 10.2. The van der Waals surface area contributed by atoms with Crippen molar-refractivity contribution in [2.45, 2.75) is 25.2 Å². The summed E-state index contributed by atoms with van der Waals surface area (Å²) in [5.41, 5.74) is -0.755. The van der Waals surface area contributed by atoms with Crippen LogP contribution in [0, 0.1) is 42.2 Å². The van der Waals surface area contributed by atoms with Gasteiger partial charge in [0.15, 0.2) is 5.69 Å². The van der Waals surface area contributed by atoms with Gasteiger partial charge in [-0.15, -0.1) is 10.2 Å². The van der Waals surface area contributed by atoms with E-state index < -0.39 is 27.1 Å². The van der Waals surface area contributed by atoms with Crippen LogP contribution in [0.15, 0.2) is 39.4 Å². The van der Waals surface area contributed by atoms with Crippen molar-refractivity contribution in [3.8, 4) is 17.2 Å². The van der Waals surface area contributed by atoms with Gasteiger partial charge in [-0.05, 0) is 30.8 Å². The molecule has 2 aromatic rings. The predicted octanol–water partition coefficient (Wildman–Crippen LogP) is 5.20. The van der Waals surface area contributed by atoms with Gasteiger partial charge in [-0.1, -0.05) is 0 Å². The Bertz CT molecular complexity index is 1300. The van der Waals surface area contributed by atoms with E-state index in [1.807, 2.05) is 11.8 Å². The van der Waals surface area contributed by atoms with Crippen molar-refractivity contribution in [2.24, 2.45) is 10.2 Å². The summed E-state index contributed by atoms with van der Waals surface area (Å²) in [5, 5.41) is 53.0. The van der Waals surface area contributed by atoms with Crippen LogP contribution in [0.1, 0.15) is 20.3 Å². The first-order valence-corrected chi connectivity index (χ1v) is 11.0. The third-order valence-corrected chi connectivity index (χ3v) is 5.33. The number of thioether (sulfide) groups is 1. The quantitative estimate of drug-likeness (QED) is 0.137. The standard InChI is InChI=1S/C21H20N8O6S/c1-4-27(7-5-6-22)18-8-14(24-13(2)30)15(9-20(18)35-3)25-26-16-10-21(36-12-23)19(29(33)34)11-17(16)28(31)32/h8-11H,4-5,7H2,1-3H3,(H,24,30)/b26-25+. The summed E-state index contributed by atoms with van der Waals surface area (Å²) in [6.07, 6.45) is 0.251. The van der Waals surface area contributed by atoms with E-state index in [0.717, 1.165) is 6.07 Å². The van der Waals surface area contributed by atoms with Gasteiger partial charge in [-0.2, -0.15) is 10.5 Å². The Balaban J connectivity index is 2.69. The van der Waals surface area contributed by atoms with Crippen molar-refractivity contribution in [3.05, 3.63) is 44.5 Å². The predicted molar refractivity (Wildman–Crippen MR) is 131 cm³/mol. The highest BCUT2D eigenvalue weighted by atomic mass is 32.2. The molecule has 14 nitrogen and oxygen atoms in total. The lowest BCUT2D eigenvalue weighted by Crippen LogP contribution is -2.24. The summed E-state index contributed by atoms with van der Waals surface area (Å²) in [5.74, 6) is -0.0755. The van der Waals surface area contributed by atoms with E-state index in [1.54, 1.807) is 11.5 Å². The highest BCUT2D eigenvalue weighted by molar-refractivity contribution is 8.03. The van der Waals surface area contributed by atoms with E-state index in [2.05, 4.69) is 21.6 Å². The molecule has 2 rings (SSSR count). The van der Waals surface area contributed by atoms with Gasteiger partial charge in [-0.3, -0.25) is 25.0 Å². The fourth-order valence-electron chi connectivity index (χ4n) is 3.13. The summed E-state index contributed by atoms with van der Waals surface area (Å²) < 4.78 is 5.45. The minimum absolute atomic E-state index is 0.0873. The monoisotopic (exact) mass is 512 g/mol. The average molecular weight is 513 g/mol. The molecular formula is C21H20N8O6S. The number of methoxy groups -OCH3 is 1. The number of carbonyl (C=O) groups is 1. The van der Waals surface area contributed by atoms with Gasteiger partial charge in [0, 0.05) is 26.1 Å². The maximum atomic E-state index is 11.8. The maximum absolute atomic E-state index is 11.8. The molecule has 0 fully saturated rings. The number of anilines is 2. The summed E-state index contributed by atoms with van der Waals surface area (Å²) in [4.78, 5) is 34.7. The topological polar surface area (TPSA) is 200 Å². The molecule has 0 aromatic heterocycles. The molecule has 2 aromatic carbocycles. The number of benzene rings is 2. The number of nitrogens with one attached hydrogen (secondary N) is 1. The number of nitro benzene ring substituents is 2. The van der Waals surface area contributed by atoms with E-state index >= 15 is 0 Å². The minimum atomic E-state index is -0.852. The molecule has 1 amide bonds. The average Bonchev–Trinajstić information content (AvgIpc) is 2.83. The zero-order valence-corrected chi connectivity index (χ0v) is 20.2. The van der Waals surface area contributed by atoms with Gasteiger partial charge >= 0.3 is 5.69 Å². The molecule has 0 heterocycles. The van der Waals surface area contributed by atoms with Gasteiger partial charge in [0.25, 0.3) is 5.69 Å². The Morgan fingerprint density at radius 3 is 2.33 bits per heavy atom. The zero-order chi connectivity index (χ0) is 26.8. The molecule has 1 N–H and O–H groups in total. The van der Waals surface area contributed by atoms with E-state index in [1.165, 1.54) is 20.1 Å². The molecule has 0 radical (unpaired) electrons. The molecule has 0 aliphatic carbocycles. The maximum Gasteiger partial charge on any atom is 0.303 e. The van der Waals surface area contributed by atoms with Gasteiger partial charge in [0.1, 0.15) is 21.7 Å². The lowest BCUT2D eigenvalue weighted by molar-refractivity contribution is -0.395. The summed E-state index contributed by atoms with van der Waals surface area (Å²) >= 11 is 0.452. The van der Waals surface area contributed by atoms with Crippen molar-refractivity contribution in [1.29, 1.82) is 10.5 Å². The second-order valence-electron chi connectivity index (χ2n) is 6.93. The highest BCUT2D eigenvalue weighted by Gasteiger charge is 2.25. The van der Waals surface area contributed by atoms with Gasteiger partial charge in [-0.25, -0.2) is 0 Å². The third kappa shape index (κ3) is 6.64. The van der Waals surface area contributed by atoms with E-state index in [9.17, 15) is 25.0 Å². The number of thiocyanates is 1. The van der Waals surface area contributed by atoms with Crippen molar-refractivity contribution in [2.75, 3.05) is 30.4 Å². The largest absolute Gasteiger partial charge is 0.494 e. The molecule has 15 heteroatoms. The Morgan fingerprint density at radius 1 is 1.14 bits per heavy atom. The zero-order valence-electron chi connectivity index (χ0n) is 19.4. The van der Waals surface area contributed by atoms with Crippen molar-refractivity contribution < 1.29 is 19.4 Å². The molecular weight excluding hydrogens is 492 g/mol. The molecule has 0 atom stereocenters. The Morgan fingerprint density at radius 2 is 1.81 bits per heavy atom. The number of hydrogen-bond donors (Lipinski definition) is 1. The molecule has 0 aliphatic rings. The summed E-state index contributed by atoms with van der Waals surface area (Å²) in [6.45, 7) is 4.10. The molecule has 0 saturated carbocycles. The van der Waals surface area contributed by atoms with Crippen molar-refractivity contribution >= 4 is 51.8 Å². The normalized spacial score (nSPS) is 10.4. The molecule has 0 saturated heterocycles. The van der Waals surface area contributed by atoms with Gasteiger partial charge < -0.3 is 15.0 Å². The lowest BCUT2D eigenvalue weighted by atomic mass is 10.2. The minimum Gasteiger partial charge on any atom is -0.494 e. The van der Waals surface area contributed by atoms with Crippen LogP contribution >= 0.6 is 11.8 Å². The van der Waals surface area contributed by atoms with E-state index in [-0.39, 0.29) is 28.4 Å². The van der Waals surface area contributed by atoms with E-state index in [4.69, 9.17) is 15.3 Å². The fraction of sp³-hybridized carbons (Fsp3) is 0.286. The van der Waals surface area contributed by atoms with Crippen molar-refractivity contribution in [3.63, 3.8) is 0 Å². The molecule has 0 aliphatic heterocycles. The number of azo groups is 1. The number of nitro groups is 2. The van der Waals surface area contributed by atoms with E-state index in [0.29, 0.717) is 42.4 Å². The summed E-state index contributed by atoms with van der Waals surface area (Å²) in [7, 11) is 1.42. The molecule has 0 unspecified atom stereocenters. The molecule has 186 valence electrons. The van der Waals surface area contributed by atoms with Crippen LogP contribution in [-0.2, 0) is 4.79 Å². The van der Waals surface area contributed by atoms with Crippen molar-refractivity contribution in [1.82, 2.24) is 0 Å². The smallest absolute Gasteiger partial charge is 0.303 e. The number of nitriles is 2. The molecule has 36 heavy (non-hydrogen) atoms. The summed E-state index contributed by atoms with van der Waals surface area (Å²) in [6, 6.07) is 6.85. The van der Waals surface area contributed by atoms with Crippen LogP contribution in [0.5, 0.6) is 5.75 Å². The lowest BCUT2D eigenvalue weighted by Gasteiger charge is -2.25. The number of rotatable bonds is 11. The second kappa shape index (κ2) is 12.6. The molecule has 0 spiro atoms. The van der Waals surface area contributed by atoms with Crippen LogP contribution < -0.4 is 15.0 Å². The van der Waals surface area contributed by atoms with Gasteiger partial charge in [0.2, 0.25) is 5.91 Å². The van der Waals surface area contributed by atoms with Crippen LogP contribution in [-0.4, -0.2) is 36.0 Å². The SMILES string of the molecule is CCN(CCC#N)c1cc(NC(C)=O)c(/N=N/c2cc(SC#N)c([N+](=O)[O-])cc2[N+](=O)[O-])cc1OC. The Hall–Kier alpha value is -4.76. The Kier molecular flexibility index (Phi) is 9.64. The van der Waals surface area contributed by atoms with Crippen LogP contribution in [0.3, 0.4) is 0 Å². The number of carbonyl (C=O) groups excluding carboxylic acids is 1. The van der Waals surface area contributed by atoms with Gasteiger partial charge in [0.05, 0.1) is 46.9 Å². The number of amides is 1. The number of hydrogen-bond acceptors (Lipinski definition) is 12. The van der Waals surface area contributed by atoms with Crippen LogP contribution in [0.4, 0.5) is 34.1 Å². The second-order valence-corrected chi connectivity index (χ2v) is 7.75. The first-order chi connectivity index (χ1) is 17.2. The number of ether oxygens (including phenoxy) is 1. The van der Waals surface area contributed by atoms with Crippen LogP contribution in [0.25, 0.3) is 0 Å². The Labute approximate surface area is 209 Å². The number of nitrogens with zero attached hydrogens (tertiary/aromatic N) is 7. The fourth-order valence-corrected chi connectivity index (χ4v) is 3.64. The highest BCUT2D eigenvalue weighted by Crippen LogP contribution is 2.42. The third-order valence-electron chi connectivity index (χ3n) is 4.69. The van der Waals surface area contributed by atoms with Crippen LogP contribution in [0.2, 0.25) is 0 Å². The first kappa shape index (κ1) is 27.5.